The van der Waals surface area contributed by atoms with Crippen LogP contribution in [-0.4, -0.2) is 32.1 Å². The monoisotopic (exact) mass is 350 g/mol. The maximum Gasteiger partial charge on any atom is 0.259 e. The summed E-state index contributed by atoms with van der Waals surface area (Å²) in [6.45, 7) is 0. The van der Waals surface area contributed by atoms with Gasteiger partial charge in [-0.1, -0.05) is 18.2 Å². The second-order valence-electron chi connectivity index (χ2n) is 5.57. The molecule has 0 saturated heterocycles. The van der Waals surface area contributed by atoms with E-state index in [0.717, 1.165) is 0 Å². The van der Waals surface area contributed by atoms with E-state index in [9.17, 15) is 10.1 Å². The number of amides is 1. The fourth-order valence-electron chi connectivity index (χ4n) is 3.03. The molecule has 0 N–H and O–H groups in total. The Kier molecular flexibility index (Phi) is 4.81. The van der Waals surface area contributed by atoms with Crippen molar-refractivity contribution in [1.29, 1.82) is 5.26 Å². The van der Waals surface area contributed by atoms with Crippen molar-refractivity contribution in [2.75, 3.05) is 21.3 Å². The fraction of sp³-hybridized carbons (Fsp3) is 0.200. The molecule has 1 heterocycles. The zero-order valence-corrected chi connectivity index (χ0v) is 14.7. The molecule has 6 nitrogen and oxygen atoms in total. The van der Waals surface area contributed by atoms with Gasteiger partial charge in [-0.25, -0.2) is 0 Å². The Balaban J connectivity index is 2.13. The Morgan fingerprint density at radius 1 is 1.08 bits per heavy atom. The molecular weight excluding hydrogens is 332 g/mol. The summed E-state index contributed by atoms with van der Waals surface area (Å²) in [6, 6.07) is 11.9. The van der Waals surface area contributed by atoms with Crippen LogP contribution in [0.3, 0.4) is 0 Å². The van der Waals surface area contributed by atoms with Crippen molar-refractivity contribution < 1.29 is 19.0 Å². The molecule has 0 unspecified atom stereocenters. The minimum atomic E-state index is -0.809. The zero-order chi connectivity index (χ0) is 18.7. The van der Waals surface area contributed by atoms with Gasteiger partial charge in [0.25, 0.3) is 5.91 Å². The molecule has 0 aromatic heterocycles. The average molecular weight is 350 g/mol. The normalized spacial score (nSPS) is 15.0. The molecule has 1 aliphatic heterocycles. The molecule has 1 amide bonds. The third-order valence-corrected chi connectivity index (χ3v) is 4.25. The summed E-state index contributed by atoms with van der Waals surface area (Å²) in [6.07, 6.45) is 3.34. The first kappa shape index (κ1) is 17.4. The first-order valence-electron chi connectivity index (χ1n) is 7.94. The van der Waals surface area contributed by atoms with Gasteiger partial charge in [-0.3, -0.25) is 9.69 Å². The van der Waals surface area contributed by atoms with Gasteiger partial charge in [-0.05, 0) is 24.3 Å². The molecule has 132 valence electrons. The summed E-state index contributed by atoms with van der Waals surface area (Å²) in [7, 11) is 4.55. The average Bonchev–Trinajstić information content (AvgIpc) is 2.71. The van der Waals surface area contributed by atoms with Gasteiger partial charge in [0.05, 0.1) is 27.4 Å². The molecule has 0 aliphatic carbocycles. The van der Waals surface area contributed by atoms with Crippen LogP contribution in [0.5, 0.6) is 17.2 Å². The van der Waals surface area contributed by atoms with Gasteiger partial charge < -0.3 is 14.2 Å². The summed E-state index contributed by atoms with van der Waals surface area (Å²) < 4.78 is 16.2. The van der Waals surface area contributed by atoms with Gasteiger partial charge in [-0.15, -0.1) is 0 Å². The van der Waals surface area contributed by atoms with Crippen LogP contribution in [0, 0.1) is 11.3 Å². The summed E-state index contributed by atoms with van der Waals surface area (Å²) in [5.74, 6) is 1.08. The highest BCUT2D eigenvalue weighted by Gasteiger charge is 2.32. The highest BCUT2D eigenvalue weighted by molar-refractivity contribution is 5.96. The Labute approximate surface area is 151 Å². The van der Waals surface area contributed by atoms with Crippen molar-refractivity contribution in [3.05, 3.63) is 59.3 Å². The predicted octanol–water partition coefficient (Wildman–Crippen LogP) is 3.40. The Hall–Kier alpha value is -3.46. The number of carbonyl (C=O) groups is 1. The Morgan fingerprint density at radius 2 is 1.77 bits per heavy atom. The third-order valence-electron chi connectivity index (χ3n) is 4.25. The molecule has 0 fully saturated rings. The topological polar surface area (TPSA) is 71.8 Å². The molecule has 0 saturated carbocycles. The summed E-state index contributed by atoms with van der Waals surface area (Å²) in [4.78, 5) is 14.3. The number of methoxy groups -OCH3 is 3. The van der Waals surface area contributed by atoms with Gasteiger partial charge >= 0.3 is 0 Å². The molecule has 2 aromatic carbocycles. The molecule has 2 aromatic rings. The van der Waals surface area contributed by atoms with E-state index in [0.29, 0.717) is 33.9 Å². The van der Waals surface area contributed by atoms with E-state index in [1.807, 2.05) is 6.07 Å². The lowest BCUT2D eigenvalue weighted by Crippen LogP contribution is -2.32. The van der Waals surface area contributed by atoms with Gasteiger partial charge in [0.2, 0.25) is 5.75 Å². The molecule has 0 spiro atoms. The number of nitriles is 1. The first-order valence-corrected chi connectivity index (χ1v) is 7.94. The lowest BCUT2D eigenvalue weighted by Gasteiger charge is -2.30. The number of hydrogen-bond donors (Lipinski definition) is 0. The van der Waals surface area contributed by atoms with Crippen molar-refractivity contribution in [2.45, 2.75) is 6.04 Å². The number of carbonyl (C=O) groups excluding carboxylic acids is 1. The third kappa shape index (κ3) is 2.74. The molecule has 1 aliphatic rings. The summed E-state index contributed by atoms with van der Waals surface area (Å²) in [5.41, 5.74) is 1.82. The second kappa shape index (κ2) is 7.19. The molecule has 0 bridgehead atoms. The minimum Gasteiger partial charge on any atom is -0.493 e. The van der Waals surface area contributed by atoms with E-state index in [1.165, 1.54) is 26.2 Å². The number of fused-ring (bicyclic) bond motifs is 1. The van der Waals surface area contributed by atoms with Gasteiger partial charge in [0, 0.05) is 22.9 Å². The number of rotatable bonds is 4. The standard InChI is InChI=1S/C20H18N2O4/c1-24-17-11-15-14(18(25-2)19(17)26-3)9-10-22(16(15)12-21)20(23)13-7-5-4-6-8-13/h4-11,16H,1-3H3/t16-/m1/s1. The van der Waals surface area contributed by atoms with Crippen LogP contribution >= 0.6 is 0 Å². The quantitative estimate of drug-likeness (QED) is 0.845. The van der Waals surface area contributed by atoms with Crippen LogP contribution in [0.2, 0.25) is 0 Å². The van der Waals surface area contributed by atoms with Gasteiger partial charge in [0.15, 0.2) is 11.5 Å². The minimum absolute atomic E-state index is 0.257. The SMILES string of the molecule is COc1cc2c(c(OC)c1OC)C=CN(C(=O)c1ccccc1)[C@@H]2C#N. The number of ether oxygens (including phenoxy) is 3. The lowest BCUT2D eigenvalue weighted by molar-refractivity contribution is 0.0794. The molecule has 1 atom stereocenters. The number of hydrogen-bond acceptors (Lipinski definition) is 5. The van der Waals surface area contributed by atoms with E-state index < -0.39 is 6.04 Å². The number of nitrogens with zero attached hydrogens (tertiary/aromatic N) is 2. The van der Waals surface area contributed by atoms with Gasteiger partial charge in [0.1, 0.15) is 6.04 Å². The van der Waals surface area contributed by atoms with Crippen LogP contribution in [0.4, 0.5) is 0 Å². The summed E-state index contributed by atoms with van der Waals surface area (Å²) in [5, 5.41) is 9.77. The van der Waals surface area contributed by atoms with Crippen molar-refractivity contribution in [3.63, 3.8) is 0 Å². The molecule has 26 heavy (non-hydrogen) atoms. The van der Waals surface area contributed by atoms with Crippen molar-refractivity contribution in [3.8, 4) is 23.3 Å². The number of benzene rings is 2. The summed E-state index contributed by atoms with van der Waals surface area (Å²) >= 11 is 0. The van der Waals surface area contributed by atoms with Crippen LogP contribution < -0.4 is 14.2 Å². The van der Waals surface area contributed by atoms with Crippen LogP contribution in [0.1, 0.15) is 27.5 Å². The fourth-order valence-corrected chi connectivity index (χ4v) is 3.03. The largest absolute Gasteiger partial charge is 0.493 e. The maximum absolute atomic E-state index is 12.8. The second-order valence-corrected chi connectivity index (χ2v) is 5.57. The van der Waals surface area contributed by atoms with Crippen molar-refractivity contribution in [2.24, 2.45) is 0 Å². The van der Waals surface area contributed by atoms with E-state index in [2.05, 4.69) is 6.07 Å². The first-order chi connectivity index (χ1) is 12.7. The van der Waals surface area contributed by atoms with Crippen molar-refractivity contribution in [1.82, 2.24) is 4.90 Å². The van der Waals surface area contributed by atoms with E-state index in [-0.39, 0.29) is 5.91 Å². The van der Waals surface area contributed by atoms with Crippen molar-refractivity contribution >= 4 is 12.0 Å². The molecular formula is C20H18N2O4. The smallest absolute Gasteiger partial charge is 0.259 e. The zero-order valence-electron chi connectivity index (χ0n) is 14.7. The Bertz CT molecular complexity index is 900. The Morgan fingerprint density at radius 3 is 2.35 bits per heavy atom. The van der Waals surface area contributed by atoms with Gasteiger partial charge in [-0.2, -0.15) is 5.26 Å². The molecule has 0 radical (unpaired) electrons. The highest BCUT2D eigenvalue weighted by atomic mass is 16.5. The maximum atomic E-state index is 12.8. The van der Waals surface area contributed by atoms with Crippen LogP contribution in [0.25, 0.3) is 6.08 Å². The van der Waals surface area contributed by atoms with E-state index in [4.69, 9.17) is 14.2 Å². The predicted molar refractivity (Wildman–Crippen MR) is 96.1 cm³/mol. The van der Waals surface area contributed by atoms with E-state index >= 15 is 0 Å². The van der Waals surface area contributed by atoms with E-state index in [1.54, 1.807) is 42.6 Å². The highest BCUT2D eigenvalue weighted by Crippen LogP contribution is 2.46. The van der Waals surface area contributed by atoms with Crippen LogP contribution in [-0.2, 0) is 0 Å². The molecule has 6 heteroatoms. The van der Waals surface area contributed by atoms with Crippen LogP contribution in [0.15, 0.2) is 42.6 Å². The lowest BCUT2D eigenvalue weighted by atomic mass is 9.94. The molecule has 3 rings (SSSR count).